The number of pyridine rings is 3. The third-order valence-corrected chi connectivity index (χ3v) is 17.2. The first kappa shape index (κ1) is 63.7. The van der Waals surface area contributed by atoms with Gasteiger partial charge >= 0.3 is 23.2 Å². The third-order valence-electron chi connectivity index (χ3n) is 16.4. The Bertz CT molecular complexity index is 4030. The van der Waals surface area contributed by atoms with E-state index in [4.69, 9.17) is 18.3 Å². The lowest BCUT2D eigenvalue weighted by Crippen LogP contribution is -2.49. The molecule has 472 valence electrons. The second-order valence-electron chi connectivity index (χ2n) is 23.6. The quantitative estimate of drug-likeness (QED) is 0.0562. The fourth-order valence-corrected chi connectivity index (χ4v) is 12.8. The lowest BCUT2D eigenvalue weighted by molar-refractivity contribution is -0.385. The zero-order valence-electron chi connectivity index (χ0n) is 51.9. The summed E-state index contributed by atoms with van der Waals surface area (Å²) in [6.07, 6.45) is 4.90. The molecular formula is C67H76N10O12S. The van der Waals surface area contributed by atoms with Crippen LogP contribution in [0.25, 0.3) is 32.7 Å². The van der Waals surface area contributed by atoms with Crippen molar-refractivity contribution in [2.24, 2.45) is 19.5 Å². The number of nitro groups is 1. The van der Waals surface area contributed by atoms with Crippen molar-refractivity contribution in [3.8, 4) is 0 Å². The molecule has 0 atom stereocenters. The average Bonchev–Trinajstić information content (AvgIpc) is 0.838. The first-order valence-corrected chi connectivity index (χ1v) is 31.2. The van der Waals surface area contributed by atoms with Crippen LogP contribution in [0.2, 0.25) is 0 Å². The molecule has 0 radical (unpaired) electrons. The second kappa shape index (κ2) is 28.0. The van der Waals surface area contributed by atoms with Gasteiger partial charge in [0.15, 0.2) is 5.76 Å². The van der Waals surface area contributed by atoms with Crippen LogP contribution in [-0.2, 0) is 43.2 Å². The Labute approximate surface area is 524 Å². The van der Waals surface area contributed by atoms with Crippen LogP contribution in [0.5, 0.6) is 0 Å². The number of aryl methyl sites for hydroxylation is 2. The predicted octanol–water partition coefficient (Wildman–Crippen LogP) is 9.24. The van der Waals surface area contributed by atoms with Crippen molar-refractivity contribution >= 4 is 84.6 Å². The number of carbonyl (C=O) groups is 3. The lowest BCUT2D eigenvalue weighted by Gasteiger charge is -2.37. The zero-order valence-corrected chi connectivity index (χ0v) is 52.7. The number of hydrogen-bond donors (Lipinski definition) is 0. The van der Waals surface area contributed by atoms with E-state index in [2.05, 4.69) is 37.1 Å². The topological polar surface area (TPSA) is 225 Å². The number of amides is 1. The van der Waals surface area contributed by atoms with Gasteiger partial charge in [-0.15, -0.1) is 11.3 Å². The predicted molar refractivity (Wildman–Crippen MR) is 349 cm³/mol. The highest BCUT2D eigenvalue weighted by Crippen LogP contribution is 2.37. The molecule has 9 aromatic rings. The largest absolute Gasteiger partial charge is 0.472 e. The molecule has 23 heteroatoms. The molecule has 3 aliphatic heterocycles. The zero-order chi connectivity index (χ0) is 63.8. The molecule has 0 aliphatic carbocycles. The van der Waals surface area contributed by atoms with Crippen molar-refractivity contribution in [1.82, 2.24) is 28.4 Å². The maximum atomic E-state index is 13.3. The van der Waals surface area contributed by atoms with E-state index >= 15 is 0 Å². The van der Waals surface area contributed by atoms with E-state index in [0.717, 1.165) is 92.8 Å². The van der Waals surface area contributed by atoms with Crippen LogP contribution in [0.15, 0.2) is 151 Å². The monoisotopic (exact) mass is 1240 g/mol. The Morgan fingerprint density at radius 3 is 1.52 bits per heavy atom. The Kier molecular flexibility index (Phi) is 19.8. The van der Waals surface area contributed by atoms with Gasteiger partial charge in [0.2, 0.25) is 0 Å². The smallest absolute Gasteiger partial charge is 0.357 e. The normalized spacial score (nSPS) is 14.9. The van der Waals surface area contributed by atoms with Crippen LogP contribution in [0.3, 0.4) is 0 Å². The molecule has 1 amide bonds. The average molecular weight is 1250 g/mol. The van der Waals surface area contributed by atoms with E-state index in [9.17, 15) is 38.9 Å². The van der Waals surface area contributed by atoms with Crippen molar-refractivity contribution in [2.75, 3.05) is 106 Å². The highest BCUT2D eigenvalue weighted by molar-refractivity contribution is 7.09. The third kappa shape index (κ3) is 13.8. The van der Waals surface area contributed by atoms with Gasteiger partial charge in [-0.3, -0.25) is 39.1 Å². The first-order chi connectivity index (χ1) is 43.4. The number of rotatable bonds is 14. The molecule has 6 aromatic heterocycles. The summed E-state index contributed by atoms with van der Waals surface area (Å²) in [6, 6.07) is 32.2. The van der Waals surface area contributed by atoms with Gasteiger partial charge in [-0.05, 0) is 67.1 Å². The summed E-state index contributed by atoms with van der Waals surface area (Å²) in [5.74, 6) is -1.06. The molecule has 22 nitrogen and oxygen atoms in total. The second-order valence-corrected chi connectivity index (χ2v) is 24.6. The van der Waals surface area contributed by atoms with Crippen LogP contribution < -0.4 is 31.4 Å². The van der Waals surface area contributed by atoms with Gasteiger partial charge in [-0.25, -0.2) is 9.59 Å². The van der Waals surface area contributed by atoms with Crippen LogP contribution in [0, 0.1) is 15.5 Å². The molecule has 90 heavy (non-hydrogen) atoms. The number of hydrogen-bond acceptors (Lipinski definition) is 18. The molecule has 0 N–H and O–H groups in total. The Morgan fingerprint density at radius 2 is 1.07 bits per heavy atom. The van der Waals surface area contributed by atoms with E-state index in [0.29, 0.717) is 60.7 Å². The molecule has 3 aliphatic rings. The number of piperazine rings is 3. The number of fused-ring (bicyclic) bond motifs is 3. The minimum absolute atomic E-state index is 0.122. The maximum Gasteiger partial charge on any atom is 0.357 e. The molecule has 0 saturated carbocycles. The van der Waals surface area contributed by atoms with E-state index in [1.807, 2.05) is 105 Å². The standard InChI is InChI=1S/C23H26N4O5.C22H25N3O4.C22H25N3O3S/c1-23(2,3)15-26-17-8-5-4-7-16(17)19(20(22(26)29)27(30)31)24-10-12-25(13-11-24)21(28)18-9-6-14-32-18;1-3-29-22(27)19-20(17-6-4-5-7-18(17)23(2)21(19)26)25-11-9-24(10-12-25)14-16-8-13-28-15-16;1-3-28-22(27)19-20(17-8-4-5-9-18(17)23(2)21(19)26)25-12-10-24(11-13-25)15-16-7-6-14-29-16/h4-9,14H,10-13,15H2,1-3H3;4-8,13,15H,3,9-12,14H2,1-2H3;4-9,14H,3,10-13,15H2,1-2H3. The summed E-state index contributed by atoms with van der Waals surface area (Å²) >= 11 is 1.77. The van der Waals surface area contributed by atoms with Gasteiger partial charge in [0.05, 0.1) is 64.9 Å². The number of carbonyl (C=O) groups excluding carboxylic acids is 3. The highest BCUT2D eigenvalue weighted by atomic mass is 32.1. The number of para-hydroxylation sites is 3. The molecular weight excluding hydrogens is 1170 g/mol. The Hall–Kier alpha value is -9.32. The van der Waals surface area contributed by atoms with Gasteiger partial charge in [0.25, 0.3) is 17.0 Å². The summed E-state index contributed by atoms with van der Waals surface area (Å²) in [6.45, 7) is 19.9. The molecule has 3 fully saturated rings. The fraction of sp³-hybridized carbons (Fsp3) is 0.373. The van der Waals surface area contributed by atoms with Crippen molar-refractivity contribution < 1.29 is 37.6 Å². The van der Waals surface area contributed by atoms with E-state index < -0.39 is 28.1 Å². The van der Waals surface area contributed by atoms with Crippen molar-refractivity contribution in [3.63, 3.8) is 0 Å². The molecule has 3 saturated heterocycles. The van der Waals surface area contributed by atoms with Gasteiger partial charge in [0, 0.05) is 139 Å². The fourth-order valence-electron chi connectivity index (χ4n) is 12.1. The Morgan fingerprint density at radius 1 is 0.578 bits per heavy atom. The van der Waals surface area contributed by atoms with Crippen LogP contribution in [0.1, 0.15) is 76.3 Å². The summed E-state index contributed by atoms with van der Waals surface area (Å²) in [7, 11) is 3.40. The molecule has 0 unspecified atom stereocenters. The van der Waals surface area contributed by atoms with E-state index in [1.165, 1.54) is 24.8 Å². The number of nitrogens with zero attached hydrogens (tertiary/aromatic N) is 10. The van der Waals surface area contributed by atoms with Gasteiger partial charge in [-0.1, -0.05) is 81.4 Å². The molecule has 12 rings (SSSR count). The van der Waals surface area contributed by atoms with Crippen LogP contribution in [-0.4, -0.2) is 143 Å². The van der Waals surface area contributed by atoms with Crippen LogP contribution >= 0.6 is 11.3 Å². The number of thiophene rings is 1. The molecule has 9 heterocycles. The van der Waals surface area contributed by atoms with E-state index in [1.54, 1.807) is 68.8 Å². The van der Waals surface area contributed by atoms with Gasteiger partial charge in [0.1, 0.15) is 16.8 Å². The number of aromatic nitrogens is 3. The SMILES string of the molecule is CC(C)(C)Cn1c(=O)c([N+](=O)[O-])c(N2CCN(C(=O)c3ccco3)CC2)c2ccccc21.CCOC(=O)c1c(N2CCN(Cc3cccs3)CC2)c2ccccc2n(C)c1=O.CCOC(=O)c1c(N2CCN(Cc3ccoc3)CC2)c2ccccc2n(C)c1=O. The summed E-state index contributed by atoms with van der Waals surface area (Å²) in [5, 5.41) is 16.6. The molecule has 0 bridgehead atoms. The summed E-state index contributed by atoms with van der Waals surface area (Å²) < 4.78 is 25.4. The van der Waals surface area contributed by atoms with Crippen molar-refractivity contribution in [1.29, 1.82) is 0 Å². The molecule has 3 aromatic carbocycles. The minimum Gasteiger partial charge on any atom is -0.472 e. The number of furan rings is 2. The number of esters is 2. The van der Waals surface area contributed by atoms with Gasteiger partial charge in [-0.2, -0.15) is 0 Å². The maximum absolute atomic E-state index is 13.3. The first-order valence-electron chi connectivity index (χ1n) is 30.3. The van der Waals surface area contributed by atoms with E-state index in [-0.39, 0.29) is 52.5 Å². The van der Waals surface area contributed by atoms with Crippen molar-refractivity contribution in [2.45, 2.75) is 54.3 Å². The summed E-state index contributed by atoms with van der Waals surface area (Å²) in [5.41, 5.74) is 3.53. The minimum atomic E-state index is -0.604. The van der Waals surface area contributed by atoms with Gasteiger partial charge < -0.3 is 51.6 Å². The Balaban J connectivity index is 0.000000149. The number of anilines is 3. The number of benzene rings is 3. The number of ether oxygens (including phenoxy) is 2. The summed E-state index contributed by atoms with van der Waals surface area (Å²) in [4.78, 5) is 103. The lowest BCUT2D eigenvalue weighted by atomic mass is 9.96. The van der Waals surface area contributed by atoms with Crippen LogP contribution in [0.4, 0.5) is 22.7 Å². The highest BCUT2D eigenvalue weighted by Gasteiger charge is 2.35. The molecule has 0 spiro atoms. The van der Waals surface area contributed by atoms with Crippen molar-refractivity contribution in [3.05, 3.63) is 196 Å².